The Bertz CT molecular complexity index is 338. The number of rotatable bonds is 2. The van der Waals surface area contributed by atoms with Crippen LogP contribution in [0.1, 0.15) is 30.1 Å². The molecule has 0 bridgehead atoms. The van der Waals surface area contributed by atoms with Gasteiger partial charge in [0.25, 0.3) is 0 Å². The van der Waals surface area contributed by atoms with Crippen molar-refractivity contribution in [2.24, 2.45) is 5.73 Å². The van der Waals surface area contributed by atoms with Gasteiger partial charge in [-0.15, -0.1) is 0 Å². The second kappa shape index (κ2) is 2.98. The molecular formula is C8H10F3N3. The van der Waals surface area contributed by atoms with E-state index in [4.69, 9.17) is 5.73 Å². The topological polar surface area (TPSA) is 43.8 Å². The first kappa shape index (κ1) is 9.51. The highest BCUT2D eigenvalue weighted by atomic mass is 19.4. The molecule has 0 aliphatic heterocycles. The van der Waals surface area contributed by atoms with E-state index in [1.165, 1.54) is 6.20 Å². The van der Waals surface area contributed by atoms with Crippen molar-refractivity contribution in [1.82, 2.24) is 9.78 Å². The first-order valence-corrected chi connectivity index (χ1v) is 4.37. The molecule has 0 aromatic carbocycles. The minimum Gasteiger partial charge on any atom is -0.326 e. The lowest BCUT2D eigenvalue weighted by Gasteiger charge is -2.11. The number of hydrogen-bond acceptors (Lipinski definition) is 2. The Morgan fingerprint density at radius 1 is 1.50 bits per heavy atom. The Morgan fingerprint density at radius 3 is 2.57 bits per heavy atom. The summed E-state index contributed by atoms with van der Waals surface area (Å²) in [6.45, 7) is -0.123. The Morgan fingerprint density at radius 2 is 2.14 bits per heavy atom. The average molecular weight is 205 g/mol. The van der Waals surface area contributed by atoms with Crippen molar-refractivity contribution in [3.05, 3.63) is 17.5 Å². The van der Waals surface area contributed by atoms with Crippen LogP contribution in [-0.2, 0) is 12.7 Å². The molecule has 1 aliphatic rings. The largest absolute Gasteiger partial charge is 0.433 e. The summed E-state index contributed by atoms with van der Waals surface area (Å²) in [7, 11) is 0. The van der Waals surface area contributed by atoms with Crippen LogP contribution in [0.3, 0.4) is 0 Å². The minimum atomic E-state index is -4.35. The molecule has 1 fully saturated rings. The standard InChI is InChI=1S/C8H10F3N3/c9-8(10,11)7-5(3-12)4-13-14(7)6-1-2-6/h4,6H,1-3,12H2. The zero-order valence-corrected chi connectivity index (χ0v) is 7.38. The second-order valence-electron chi connectivity index (χ2n) is 3.40. The fourth-order valence-corrected chi connectivity index (χ4v) is 1.46. The molecule has 1 aromatic heterocycles. The van der Waals surface area contributed by atoms with Crippen molar-refractivity contribution < 1.29 is 13.2 Å². The lowest BCUT2D eigenvalue weighted by atomic mass is 10.2. The van der Waals surface area contributed by atoms with Crippen molar-refractivity contribution >= 4 is 0 Å². The van der Waals surface area contributed by atoms with Crippen LogP contribution in [-0.4, -0.2) is 9.78 Å². The van der Waals surface area contributed by atoms with Crippen LogP contribution in [0.25, 0.3) is 0 Å². The van der Waals surface area contributed by atoms with Crippen LogP contribution in [0.5, 0.6) is 0 Å². The molecule has 3 nitrogen and oxygen atoms in total. The van der Waals surface area contributed by atoms with Gasteiger partial charge in [0.2, 0.25) is 0 Å². The SMILES string of the molecule is NCc1cnn(C2CC2)c1C(F)(F)F. The number of nitrogens with zero attached hydrogens (tertiary/aromatic N) is 2. The predicted octanol–water partition coefficient (Wildman–Crippen LogP) is 1.70. The zero-order valence-electron chi connectivity index (χ0n) is 7.38. The minimum absolute atomic E-state index is 0.0735. The Labute approximate surface area is 78.7 Å². The second-order valence-corrected chi connectivity index (χ2v) is 3.40. The third-order valence-corrected chi connectivity index (χ3v) is 2.25. The van der Waals surface area contributed by atoms with Gasteiger partial charge < -0.3 is 5.73 Å². The Hall–Kier alpha value is -1.04. The molecule has 1 aromatic rings. The zero-order chi connectivity index (χ0) is 10.3. The van der Waals surface area contributed by atoms with Gasteiger partial charge in [0, 0.05) is 12.1 Å². The Balaban J connectivity index is 2.45. The monoisotopic (exact) mass is 205 g/mol. The fourth-order valence-electron chi connectivity index (χ4n) is 1.46. The molecule has 6 heteroatoms. The van der Waals surface area contributed by atoms with E-state index in [1.807, 2.05) is 0 Å². The summed E-state index contributed by atoms with van der Waals surface area (Å²) in [5.74, 6) is 0. The smallest absolute Gasteiger partial charge is 0.326 e. The molecule has 1 heterocycles. The number of nitrogens with two attached hydrogens (primary N) is 1. The van der Waals surface area contributed by atoms with Gasteiger partial charge in [-0.05, 0) is 12.8 Å². The molecule has 1 saturated carbocycles. The van der Waals surface area contributed by atoms with Crippen LogP contribution >= 0.6 is 0 Å². The van der Waals surface area contributed by atoms with Crippen molar-refractivity contribution in [2.75, 3.05) is 0 Å². The molecule has 0 unspecified atom stereocenters. The molecule has 0 radical (unpaired) electrons. The number of aromatic nitrogens is 2. The normalized spacial score (nSPS) is 17.4. The van der Waals surface area contributed by atoms with Crippen molar-refractivity contribution in [3.63, 3.8) is 0 Å². The number of alkyl halides is 3. The van der Waals surface area contributed by atoms with E-state index in [0.29, 0.717) is 0 Å². The van der Waals surface area contributed by atoms with Crippen molar-refractivity contribution in [2.45, 2.75) is 31.6 Å². The van der Waals surface area contributed by atoms with E-state index in [0.717, 1.165) is 17.5 Å². The highest BCUT2D eigenvalue weighted by Gasteiger charge is 2.41. The Kier molecular flexibility index (Phi) is 2.02. The quantitative estimate of drug-likeness (QED) is 0.798. The lowest BCUT2D eigenvalue weighted by molar-refractivity contribution is -0.144. The molecule has 14 heavy (non-hydrogen) atoms. The van der Waals surface area contributed by atoms with Crippen molar-refractivity contribution in [3.8, 4) is 0 Å². The third-order valence-electron chi connectivity index (χ3n) is 2.25. The van der Waals surface area contributed by atoms with E-state index < -0.39 is 11.9 Å². The highest BCUT2D eigenvalue weighted by Crippen LogP contribution is 2.41. The van der Waals surface area contributed by atoms with Crippen LogP contribution in [0.2, 0.25) is 0 Å². The van der Waals surface area contributed by atoms with Gasteiger partial charge in [-0.25, -0.2) is 0 Å². The van der Waals surface area contributed by atoms with Gasteiger partial charge in [0.1, 0.15) is 5.69 Å². The first-order valence-electron chi connectivity index (χ1n) is 4.37. The summed E-state index contributed by atoms with van der Waals surface area (Å²) in [6.07, 6.45) is -1.60. The van der Waals surface area contributed by atoms with E-state index in [9.17, 15) is 13.2 Å². The molecule has 0 spiro atoms. The van der Waals surface area contributed by atoms with Crippen LogP contribution in [0, 0.1) is 0 Å². The van der Waals surface area contributed by atoms with E-state index in [1.54, 1.807) is 0 Å². The summed E-state index contributed by atoms with van der Waals surface area (Å²) < 4.78 is 38.9. The summed E-state index contributed by atoms with van der Waals surface area (Å²) >= 11 is 0. The summed E-state index contributed by atoms with van der Waals surface area (Å²) in [4.78, 5) is 0. The molecule has 0 saturated heterocycles. The van der Waals surface area contributed by atoms with E-state index >= 15 is 0 Å². The third kappa shape index (κ3) is 1.50. The maximum absolute atomic E-state index is 12.6. The average Bonchev–Trinajstić information content (AvgIpc) is 2.82. The van der Waals surface area contributed by atoms with E-state index in [-0.39, 0.29) is 18.2 Å². The molecular weight excluding hydrogens is 195 g/mol. The van der Waals surface area contributed by atoms with Crippen LogP contribution in [0.15, 0.2) is 6.20 Å². The number of hydrogen-bond donors (Lipinski definition) is 1. The summed E-state index contributed by atoms with van der Waals surface area (Å²) in [5, 5.41) is 3.73. The van der Waals surface area contributed by atoms with Gasteiger partial charge in [0.05, 0.1) is 12.2 Å². The summed E-state index contributed by atoms with van der Waals surface area (Å²) in [6, 6.07) is -0.0769. The highest BCUT2D eigenvalue weighted by molar-refractivity contribution is 5.22. The molecule has 0 atom stereocenters. The molecule has 1 aliphatic carbocycles. The molecule has 78 valence electrons. The molecule has 0 amide bonds. The molecule has 2 rings (SSSR count). The van der Waals surface area contributed by atoms with Crippen LogP contribution < -0.4 is 5.73 Å². The molecule has 2 N–H and O–H groups in total. The predicted molar refractivity (Wildman–Crippen MR) is 43.4 cm³/mol. The summed E-state index contributed by atoms with van der Waals surface area (Å²) in [5.41, 5.74) is 4.62. The maximum atomic E-state index is 12.6. The van der Waals surface area contributed by atoms with Crippen LogP contribution in [0.4, 0.5) is 13.2 Å². The van der Waals surface area contributed by atoms with Gasteiger partial charge in [-0.1, -0.05) is 0 Å². The number of halogens is 3. The lowest BCUT2D eigenvalue weighted by Crippen LogP contribution is -2.17. The van der Waals surface area contributed by atoms with E-state index in [2.05, 4.69) is 5.10 Å². The van der Waals surface area contributed by atoms with Gasteiger partial charge in [-0.2, -0.15) is 18.3 Å². The maximum Gasteiger partial charge on any atom is 0.433 e. The van der Waals surface area contributed by atoms with Gasteiger partial charge >= 0.3 is 6.18 Å². The van der Waals surface area contributed by atoms with Gasteiger partial charge in [0.15, 0.2) is 0 Å². The van der Waals surface area contributed by atoms with Gasteiger partial charge in [-0.3, -0.25) is 4.68 Å². The fraction of sp³-hybridized carbons (Fsp3) is 0.625. The van der Waals surface area contributed by atoms with Crippen molar-refractivity contribution in [1.29, 1.82) is 0 Å². The first-order chi connectivity index (χ1) is 6.54.